The van der Waals surface area contributed by atoms with E-state index in [1.54, 1.807) is 18.0 Å². The van der Waals surface area contributed by atoms with Crippen LogP contribution in [0.4, 0.5) is 16.2 Å². The van der Waals surface area contributed by atoms with Crippen molar-refractivity contribution in [2.45, 2.75) is 6.92 Å². The van der Waals surface area contributed by atoms with Crippen LogP contribution in [0.2, 0.25) is 0 Å². The van der Waals surface area contributed by atoms with E-state index in [0.717, 1.165) is 5.56 Å². The Labute approximate surface area is 112 Å². The second kappa shape index (κ2) is 5.17. The van der Waals surface area contributed by atoms with E-state index in [-0.39, 0.29) is 18.5 Å². The van der Waals surface area contributed by atoms with Crippen molar-refractivity contribution < 1.29 is 9.59 Å². The molecule has 6 heteroatoms. The number of likely N-dealkylation sites (N-methyl/N-ethyl adjacent to an activating group) is 1. The van der Waals surface area contributed by atoms with Gasteiger partial charge in [-0.15, -0.1) is 0 Å². The quantitative estimate of drug-likeness (QED) is 0.794. The molecule has 3 amide bonds. The first kappa shape index (κ1) is 13.2. The zero-order valence-electron chi connectivity index (χ0n) is 11.1. The van der Waals surface area contributed by atoms with Crippen LogP contribution in [-0.4, -0.2) is 48.4 Å². The molecule has 1 saturated heterocycles. The Morgan fingerprint density at radius 3 is 2.74 bits per heavy atom. The van der Waals surface area contributed by atoms with E-state index in [1.165, 1.54) is 4.90 Å². The molecule has 2 rings (SSSR count). The van der Waals surface area contributed by atoms with Gasteiger partial charge in [-0.3, -0.25) is 4.79 Å². The summed E-state index contributed by atoms with van der Waals surface area (Å²) in [7, 11) is 1.72. The first-order valence-corrected chi connectivity index (χ1v) is 6.14. The van der Waals surface area contributed by atoms with E-state index < -0.39 is 0 Å². The summed E-state index contributed by atoms with van der Waals surface area (Å²) in [6, 6.07) is 5.32. The Hall–Kier alpha value is -2.24. The average Bonchev–Trinajstić information content (AvgIpc) is 2.66. The van der Waals surface area contributed by atoms with Crippen molar-refractivity contribution in [2.24, 2.45) is 0 Å². The first-order chi connectivity index (χ1) is 8.99. The smallest absolute Gasteiger partial charge is 0.320 e. The summed E-state index contributed by atoms with van der Waals surface area (Å²) in [5.41, 5.74) is 7.87. The van der Waals surface area contributed by atoms with Gasteiger partial charge in [0.1, 0.15) is 6.54 Å². The first-order valence-electron chi connectivity index (χ1n) is 6.14. The molecule has 0 bridgehead atoms. The molecule has 1 fully saturated rings. The molecule has 0 radical (unpaired) electrons. The van der Waals surface area contributed by atoms with Crippen molar-refractivity contribution in [1.29, 1.82) is 0 Å². The lowest BCUT2D eigenvalue weighted by Gasteiger charge is -2.17. The molecule has 1 aliphatic rings. The Balaban J connectivity index is 2.00. The Morgan fingerprint density at radius 1 is 1.42 bits per heavy atom. The third kappa shape index (κ3) is 2.78. The van der Waals surface area contributed by atoms with Crippen LogP contribution in [0.15, 0.2) is 18.2 Å². The number of nitrogen functional groups attached to an aromatic ring is 1. The number of hydrogen-bond acceptors (Lipinski definition) is 3. The molecule has 3 N–H and O–H groups in total. The highest BCUT2D eigenvalue weighted by Crippen LogP contribution is 2.22. The molecule has 0 aliphatic carbocycles. The van der Waals surface area contributed by atoms with Crippen LogP contribution in [-0.2, 0) is 4.79 Å². The number of anilines is 2. The molecular weight excluding hydrogens is 244 g/mol. The highest BCUT2D eigenvalue weighted by molar-refractivity contribution is 5.97. The molecule has 1 aromatic carbocycles. The molecule has 19 heavy (non-hydrogen) atoms. The lowest BCUT2D eigenvalue weighted by Crippen LogP contribution is -2.36. The number of nitrogens with two attached hydrogens (primary N) is 1. The fourth-order valence-electron chi connectivity index (χ4n) is 2.06. The minimum atomic E-state index is -0.232. The van der Waals surface area contributed by atoms with Gasteiger partial charge < -0.3 is 20.9 Å². The summed E-state index contributed by atoms with van der Waals surface area (Å²) in [5.74, 6) is -0.232. The van der Waals surface area contributed by atoms with Gasteiger partial charge in [0.25, 0.3) is 0 Å². The third-order valence-corrected chi connectivity index (χ3v) is 3.21. The number of amides is 3. The van der Waals surface area contributed by atoms with Crippen molar-refractivity contribution in [2.75, 3.05) is 37.7 Å². The monoisotopic (exact) mass is 262 g/mol. The molecule has 1 aromatic rings. The summed E-state index contributed by atoms with van der Waals surface area (Å²) in [5, 5.41) is 2.76. The maximum atomic E-state index is 11.9. The highest BCUT2D eigenvalue weighted by Gasteiger charge is 2.27. The van der Waals surface area contributed by atoms with Gasteiger partial charge in [-0.25, -0.2) is 4.79 Å². The second-order valence-electron chi connectivity index (χ2n) is 4.71. The predicted octanol–water partition coefficient (Wildman–Crippen LogP) is 0.883. The average molecular weight is 262 g/mol. The Morgan fingerprint density at radius 2 is 2.16 bits per heavy atom. The van der Waals surface area contributed by atoms with Crippen LogP contribution in [0.5, 0.6) is 0 Å². The minimum absolute atomic E-state index is 0.0525. The van der Waals surface area contributed by atoms with Crippen molar-refractivity contribution in [3.63, 3.8) is 0 Å². The van der Waals surface area contributed by atoms with Crippen LogP contribution in [0.3, 0.4) is 0 Å². The number of carbonyl (C=O) groups is 2. The number of nitrogens with zero attached hydrogens (tertiary/aromatic N) is 2. The molecule has 0 unspecified atom stereocenters. The van der Waals surface area contributed by atoms with E-state index in [2.05, 4.69) is 5.32 Å². The molecule has 1 aliphatic heterocycles. The molecule has 0 aromatic heterocycles. The van der Waals surface area contributed by atoms with Gasteiger partial charge >= 0.3 is 6.03 Å². The van der Waals surface area contributed by atoms with E-state index in [9.17, 15) is 9.59 Å². The van der Waals surface area contributed by atoms with Crippen molar-refractivity contribution in [1.82, 2.24) is 9.80 Å². The van der Waals surface area contributed by atoms with E-state index >= 15 is 0 Å². The molecular formula is C13H18N4O2. The number of para-hydroxylation sites is 1. The van der Waals surface area contributed by atoms with Gasteiger partial charge in [-0.2, -0.15) is 0 Å². The SMILES string of the molecule is Cc1cccc(N)c1NC(=O)CN1CCN(C)C1=O. The van der Waals surface area contributed by atoms with Gasteiger partial charge in [0.2, 0.25) is 5.91 Å². The van der Waals surface area contributed by atoms with Crippen LogP contribution in [0, 0.1) is 6.92 Å². The summed E-state index contributed by atoms with van der Waals surface area (Å²) < 4.78 is 0. The standard InChI is InChI=1S/C13H18N4O2/c1-9-4-3-5-10(14)12(9)15-11(18)8-17-7-6-16(2)13(17)19/h3-5H,6-8,14H2,1-2H3,(H,15,18). The molecule has 1 heterocycles. The largest absolute Gasteiger partial charge is 0.397 e. The summed E-state index contributed by atoms with van der Waals surface area (Å²) in [6.07, 6.45) is 0. The number of aryl methyl sites for hydroxylation is 1. The van der Waals surface area contributed by atoms with Crippen LogP contribution in [0.1, 0.15) is 5.56 Å². The molecule has 102 valence electrons. The van der Waals surface area contributed by atoms with Gasteiger partial charge in [0.15, 0.2) is 0 Å². The summed E-state index contributed by atoms with van der Waals surface area (Å²) in [6.45, 7) is 3.16. The topological polar surface area (TPSA) is 78.7 Å². The Bertz CT molecular complexity index is 495. The lowest BCUT2D eigenvalue weighted by molar-refractivity contribution is -0.116. The van der Waals surface area contributed by atoms with Gasteiger partial charge in [0.05, 0.1) is 11.4 Å². The summed E-state index contributed by atoms with van der Waals surface area (Å²) in [4.78, 5) is 26.7. The second-order valence-corrected chi connectivity index (χ2v) is 4.71. The number of nitrogens with one attached hydrogen (secondary N) is 1. The normalized spacial score (nSPS) is 14.9. The number of rotatable bonds is 3. The van der Waals surface area contributed by atoms with Gasteiger partial charge in [-0.1, -0.05) is 12.1 Å². The van der Waals surface area contributed by atoms with Crippen LogP contribution >= 0.6 is 0 Å². The predicted molar refractivity (Wildman–Crippen MR) is 73.8 cm³/mol. The van der Waals surface area contributed by atoms with Crippen molar-refractivity contribution in [3.05, 3.63) is 23.8 Å². The number of benzene rings is 1. The molecule has 0 spiro atoms. The highest BCUT2D eigenvalue weighted by atomic mass is 16.2. The number of urea groups is 1. The van der Waals surface area contributed by atoms with Crippen LogP contribution < -0.4 is 11.1 Å². The summed E-state index contributed by atoms with van der Waals surface area (Å²) >= 11 is 0. The number of hydrogen-bond donors (Lipinski definition) is 2. The van der Waals surface area contributed by atoms with Gasteiger partial charge in [0, 0.05) is 20.1 Å². The van der Waals surface area contributed by atoms with E-state index in [0.29, 0.717) is 24.5 Å². The Kier molecular flexibility index (Phi) is 3.59. The van der Waals surface area contributed by atoms with Crippen molar-refractivity contribution in [3.8, 4) is 0 Å². The molecule has 0 saturated carbocycles. The molecule has 0 atom stereocenters. The minimum Gasteiger partial charge on any atom is -0.397 e. The fraction of sp³-hybridized carbons (Fsp3) is 0.385. The maximum Gasteiger partial charge on any atom is 0.320 e. The van der Waals surface area contributed by atoms with Gasteiger partial charge in [-0.05, 0) is 18.6 Å². The number of carbonyl (C=O) groups excluding carboxylic acids is 2. The molecule has 6 nitrogen and oxygen atoms in total. The van der Waals surface area contributed by atoms with E-state index in [1.807, 2.05) is 19.1 Å². The zero-order chi connectivity index (χ0) is 14.0. The zero-order valence-corrected chi connectivity index (χ0v) is 11.1. The fourth-order valence-corrected chi connectivity index (χ4v) is 2.06. The lowest BCUT2D eigenvalue weighted by atomic mass is 10.1. The van der Waals surface area contributed by atoms with Crippen molar-refractivity contribution >= 4 is 23.3 Å². The maximum absolute atomic E-state index is 11.9. The third-order valence-electron chi connectivity index (χ3n) is 3.21. The van der Waals surface area contributed by atoms with Crippen LogP contribution in [0.25, 0.3) is 0 Å². The van der Waals surface area contributed by atoms with E-state index in [4.69, 9.17) is 5.73 Å².